The standard InChI is InChI=1S/C20H28FN5O2/c1-20(2,3)28-19(27)26-9-5-6-16(13-26)25-18(23-4)24-12-15-8-7-14(11-22)10-17(15)21/h7-8,10,16H,5-6,9,12-13H2,1-4H3,(H2,23,24,25). The highest BCUT2D eigenvalue weighted by atomic mass is 19.1. The lowest BCUT2D eigenvalue weighted by molar-refractivity contribution is 0.0193. The molecule has 0 aromatic heterocycles. The van der Waals surface area contributed by atoms with Gasteiger partial charge in [0.2, 0.25) is 0 Å². The maximum Gasteiger partial charge on any atom is 0.410 e. The maximum atomic E-state index is 14.0. The lowest BCUT2D eigenvalue weighted by Gasteiger charge is -2.35. The second kappa shape index (κ2) is 9.40. The number of likely N-dealkylation sites (tertiary alicyclic amines) is 1. The highest BCUT2D eigenvalue weighted by molar-refractivity contribution is 5.80. The van der Waals surface area contributed by atoms with Gasteiger partial charge in [0.1, 0.15) is 11.4 Å². The molecule has 1 aromatic rings. The third-order valence-electron chi connectivity index (χ3n) is 4.27. The molecule has 1 fully saturated rings. The molecule has 8 heteroatoms. The van der Waals surface area contributed by atoms with E-state index in [9.17, 15) is 9.18 Å². The van der Waals surface area contributed by atoms with Crippen molar-refractivity contribution >= 4 is 12.1 Å². The van der Waals surface area contributed by atoms with E-state index in [0.29, 0.717) is 24.6 Å². The maximum absolute atomic E-state index is 14.0. The number of nitrogens with one attached hydrogen (secondary N) is 2. The average Bonchev–Trinajstić information content (AvgIpc) is 2.64. The van der Waals surface area contributed by atoms with Crippen LogP contribution in [-0.2, 0) is 11.3 Å². The van der Waals surface area contributed by atoms with E-state index in [1.54, 1.807) is 24.1 Å². The van der Waals surface area contributed by atoms with E-state index in [2.05, 4.69) is 15.6 Å². The number of rotatable bonds is 3. The zero-order chi connectivity index (χ0) is 20.7. The van der Waals surface area contributed by atoms with Crippen LogP contribution in [0.3, 0.4) is 0 Å². The normalized spacial score (nSPS) is 17.6. The van der Waals surface area contributed by atoms with Crippen molar-refractivity contribution in [2.24, 2.45) is 4.99 Å². The third-order valence-corrected chi connectivity index (χ3v) is 4.27. The van der Waals surface area contributed by atoms with E-state index in [-0.39, 0.29) is 24.2 Å². The zero-order valence-electron chi connectivity index (χ0n) is 16.9. The summed E-state index contributed by atoms with van der Waals surface area (Å²) in [5, 5.41) is 15.2. The van der Waals surface area contributed by atoms with Crippen molar-refractivity contribution in [1.29, 1.82) is 5.26 Å². The minimum Gasteiger partial charge on any atom is -0.444 e. The molecule has 0 saturated carbocycles. The molecule has 0 bridgehead atoms. The Morgan fingerprint density at radius 1 is 1.46 bits per heavy atom. The molecular formula is C20H28FN5O2. The molecule has 152 valence electrons. The summed E-state index contributed by atoms with van der Waals surface area (Å²) in [6, 6.07) is 6.32. The molecule has 7 nitrogen and oxygen atoms in total. The second-order valence-electron chi connectivity index (χ2n) is 7.75. The Bertz CT molecular complexity index is 767. The predicted octanol–water partition coefficient (Wildman–Crippen LogP) is 2.76. The SMILES string of the molecule is CN=C(NCc1ccc(C#N)cc1F)NC1CCCN(C(=O)OC(C)(C)C)C1. The van der Waals surface area contributed by atoms with Crippen molar-refractivity contribution in [2.45, 2.75) is 51.8 Å². The van der Waals surface area contributed by atoms with Crippen molar-refractivity contribution in [3.63, 3.8) is 0 Å². The topological polar surface area (TPSA) is 89.8 Å². The largest absolute Gasteiger partial charge is 0.444 e. The molecule has 0 radical (unpaired) electrons. The number of carbonyl (C=O) groups excluding carboxylic acids is 1. The molecule has 0 spiro atoms. The quantitative estimate of drug-likeness (QED) is 0.613. The Morgan fingerprint density at radius 3 is 2.82 bits per heavy atom. The number of aliphatic imine (C=N–C) groups is 1. The summed E-state index contributed by atoms with van der Waals surface area (Å²) >= 11 is 0. The van der Waals surface area contributed by atoms with E-state index >= 15 is 0 Å². The number of halogens is 1. The summed E-state index contributed by atoms with van der Waals surface area (Å²) in [4.78, 5) is 18.1. The van der Waals surface area contributed by atoms with Crippen LogP contribution in [0.2, 0.25) is 0 Å². The van der Waals surface area contributed by atoms with Crippen LogP contribution in [0.4, 0.5) is 9.18 Å². The Labute approximate surface area is 165 Å². The first-order valence-corrected chi connectivity index (χ1v) is 9.35. The van der Waals surface area contributed by atoms with Crippen LogP contribution in [0, 0.1) is 17.1 Å². The van der Waals surface area contributed by atoms with Crippen molar-refractivity contribution in [3.05, 3.63) is 35.1 Å². The fraction of sp³-hybridized carbons (Fsp3) is 0.550. The van der Waals surface area contributed by atoms with E-state index < -0.39 is 11.4 Å². The van der Waals surface area contributed by atoms with Gasteiger partial charge in [0.05, 0.1) is 11.6 Å². The lowest BCUT2D eigenvalue weighted by atomic mass is 10.1. The Hall–Kier alpha value is -2.82. The van der Waals surface area contributed by atoms with Crippen molar-refractivity contribution in [2.75, 3.05) is 20.1 Å². The molecule has 1 unspecified atom stereocenters. The highest BCUT2D eigenvalue weighted by Gasteiger charge is 2.28. The summed E-state index contributed by atoms with van der Waals surface area (Å²) in [7, 11) is 1.64. The third kappa shape index (κ3) is 6.41. The van der Waals surface area contributed by atoms with Gasteiger partial charge in [-0.15, -0.1) is 0 Å². The van der Waals surface area contributed by atoms with E-state index in [1.807, 2.05) is 26.8 Å². The molecule has 2 rings (SSSR count). The molecule has 1 atom stereocenters. The molecule has 1 amide bonds. The number of hydrogen-bond acceptors (Lipinski definition) is 4. The number of guanidine groups is 1. The van der Waals surface area contributed by atoms with Crippen LogP contribution < -0.4 is 10.6 Å². The van der Waals surface area contributed by atoms with Crippen LogP contribution in [0.5, 0.6) is 0 Å². The van der Waals surface area contributed by atoms with Gasteiger partial charge in [0.25, 0.3) is 0 Å². The first-order valence-electron chi connectivity index (χ1n) is 9.35. The minimum atomic E-state index is -0.528. The molecule has 2 N–H and O–H groups in total. The van der Waals surface area contributed by atoms with E-state index in [4.69, 9.17) is 10.00 Å². The van der Waals surface area contributed by atoms with Gasteiger partial charge in [-0.2, -0.15) is 5.26 Å². The summed E-state index contributed by atoms with van der Waals surface area (Å²) < 4.78 is 19.5. The van der Waals surface area contributed by atoms with Crippen molar-refractivity contribution in [1.82, 2.24) is 15.5 Å². The fourth-order valence-corrected chi connectivity index (χ4v) is 2.91. The molecule has 1 heterocycles. The smallest absolute Gasteiger partial charge is 0.410 e. The summed E-state index contributed by atoms with van der Waals surface area (Å²) in [6.07, 6.45) is 1.44. The number of nitrogens with zero attached hydrogens (tertiary/aromatic N) is 3. The van der Waals surface area contributed by atoms with Crippen LogP contribution >= 0.6 is 0 Å². The van der Waals surface area contributed by atoms with Crippen LogP contribution in [0.25, 0.3) is 0 Å². The zero-order valence-corrected chi connectivity index (χ0v) is 16.9. The van der Waals surface area contributed by atoms with Gasteiger partial charge in [-0.3, -0.25) is 4.99 Å². The first-order chi connectivity index (χ1) is 13.2. The predicted molar refractivity (Wildman–Crippen MR) is 105 cm³/mol. The van der Waals surface area contributed by atoms with Crippen molar-refractivity contribution < 1.29 is 13.9 Å². The molecule has 1 aliphatic rings. The lowest BCUT2D eigenvalue weighted by Crippen LogP contribution is -2.53. The molecule has 28 heavy (non-hydrogen) atoms. The van der Waals surface area contributed by atoms with Gasteiger partial charge in [-0.1, -0.05) is 6.07 Å². The Kier molecular flexibility index (Phi) is 7.21. The second-order valence-corrected chi connectivity index (χ2v) is 7.75. The van der Waals surface area contributed by atoms with Gasteiger partial charge in [-0.05, 0) is 45.7 Å². The molecule has 1 aromatic carbocycles. The number of piperidine rings is 1. The summed E-state index contributed by atoms with van der Waals surface area (Å²) in [5.41, 5.74) is 0.203. The van der Waals surface area contributed by atoms with E-state index in [1.165, 1.54) is 6.07 Å². The number of amides is 1. The van der Waals surface area contributed by atoms with Crippen LogP contribution in [0.1, 0.15) is 44.7 Å². The Balaban J connectivity index is 1.90. The average molecular weight is 389 g/mol. The van der Waals surface area contributed by atoms with Crippen LogP contribution in [-0.4, -0.2) is 48.7 Å². The molecular weight excluding hydrogens is 361 g/mol. The van der Waals surface area contributed by atoms with Gasteiger partial charge in [-0.25, -0.2) is 9.18 Å². The monoisotopic (exact) mass is 389 g/mol. The van der Waals surface area contributed by atoms with E-state index in [0.717, 1.165) is 12.8 Å². The van der Waals surface area contributed by atoms with Gasteiger partial charge >= 0.3 is 6.09 Å². The molecule has 0 aliphatic carbocycles. The fourth-order valence-electron chi connectivity index (χ4n) is 2.91. The summed E-state index contributed by atoms with van der Waals surface area (Å²) in [6.45, 7) is 6.95. The van der Waals surface area contributed by atoms with Crippen LogP contribution in [0.15, 0.2) is 23.2 Å². The minimum absolute atomic E-state index is 0.0262. The number of ether oxygens (including phenoxy) is 1. The molecule has 1 saturated heterocycles. The van der Waals surface area contributed by atoms with Gasteiger partial charge in [0, 0.05) is 38.3 Å². The first kappa shape index (κ1) is 21.5. The highest BCUT2D eigenvalue weighted by Crippen LogP contribution is 2.15. The molecule has 1 aliphatic heterocycles. The Morgan fingerprint density at radius 2 is 2.21 bits per heavy atom. The summed E-state index contributed by atoms with van der Waals surface area (Å²) in [5.74, 6) is 0.0931. The number of hydrogen-bond donors (Lipinski definition) is 2. The van der Waals surface area contributed by atoms with Gasteiger partial charge in [0.15, 0.2) is 5.96 Å². The number of benzene rings is 1. The van der Waals surface area contributed by atoms with Crippen molar-refractivity contribution in [3.8, 4) is 6.07 Å². The van der Waals surface area contributed by atoms with Gasteiger partial charge < -0.3 is 20.3 Å². The number of carbonyl (C=O) groups is 1. The number of nitriles is 1.